The van der Waals surface area contributed by atoms with Crippen molar-refractivity contribution in [3.05, 3.63) is 97.0 Å². The van der Waals surface area contributed by atoms with Crippen molar-refractivity contribution in [1.29, 1.82) is 0 Å². The largest absolute Gasteiger partial charge is 0.490 e. The minimum absolute atomic E-state index is 0.169. The molecule has 2 rings (SSSR count). The first-order valence-electron chi connectivity index (χ1n) is 13.2. The maximum absolute atomic E-state index is 12.7. The van der Waals surface area contributed by atoms with Crippen molar-refractivity contribution in [2.45, 2.75) is 61.3 Å². The number of ether oxygens (including phenoxy) is 3. The van der Waals surface area contributed by atoms with Crippen molar-refractivity contribution >= 4 is 17.6 Å². The number of hydrogen-bond donors (Lipinski definition) is 1. The summed E-state index contributed by atoms with van der Waals surface area (Å²) in [7, 11) is 0. The Morgan fingerprint density at radius 3 is 2.45 bits per heavy atom. The van der Waals surface area contributed by atoms with E-state index in [2.05, 4.69) is 18.5 Å². The van der Waals surface area contributed by atoms with Crippen LogP contribution >= 0.6 is 0 Å². The number of allylic oxidation sites excluding steroid dienone is 6. The topological polar surface area (TPSA) is 73.9 Å². The molecular weight excluding hydrogens is 478 g/mol. The van der Waals surface area contributed by atoms with Gasteiger partial charge >= 0.3 is 5.97 Å². The van der Waals surface area contributed by atoms with Crippen LogP contribution in [-0.2, 0) is 19.1 Å². The van der Waals surface area contributed by atoms with Crippen LogP contribution in [0.5, 0.6) is 5.75 Å². The number of carbonyl (C=O) groups excluding carboxylic acids is 2. The van der Waals surface area contributed by atoms with Crippen molar-refractivity contribution in [2.75, 3.05) is 18.5 Å². The summed E-state index contributed by atoms with van der Waals surface area (Å²) in [4.78, 5) is 24.7. The number of benzene rings is 1. The van der Waals surface area contributed by atoms with Gasteiger partial charge in [0.25, 0.3) is 5.91 Å². The highest BCUT2D eigenvalue weighted by molar-refractivity contribution is 6.05. The third-order valence-corrected chi connectivity index (χ3v) is 5.13. The van der Waals surface area contributed by atoms with Crippen LogP contribution < -0.4 is 10.1 Å². The molecule has 0 saturated carbocycles. The number of carbonyl (C=O) groups is 2. The van der Waals surface area contributed by atoms with E-state index in [4.69, 9.17) is 14.2 Å². The summed E-state index contributed by atoms with van der Waals surface area (Å²) >= 11 is 0. The minimum atomic E-state index is -0.504. The van der Waals surface area contributed by atoms with Gasteiger partial charge in [0.1, 0.15) is 30.5 Å². The Labute approximate surface area is 229 Å². The van der Waals surface area contributed by atoms with Gasteiger partial charge in [-0.3, -0.25) is 9.59 Å². The second-order valence-corrected chi connectivity index (χ2v) is 8.20. The maximum Gasteiger partial charge on any atom is 0.311 e. The van der Waals surface area contributed by atoms with E-state index in [-0.39, 0.29) is 25.1 Å². The molecule has 0 saturated heterocycles. The summed E-state index contributed by atoms with van der Waals surface area (Å²) in [6.07, 6.45) is 13.4. The molecule has 0 aliphatic heterocycles. The Bertz CT molecular complexity index is 1030. The van der Waals surface area contributed by atoms with E-state index >= 15 is 0 Å². The van der Waals surface area contributed by atoms with Crippen LogP contribution in [0.1, 0.15) is 61.3 Å². The van der Waals surface area contributed by atoms with Crippen LogP contribution in [0.4, 0.5) is 5.69 Å². The predicted octanol–water partition coefficient (Wildman–Crippen LogP) is 8.08. The highest BCUT2D eigenvalue weighted by Gasteiger charge is 2.26. The Hall–Kier alpha value is -3.80. The second kappa shape index (κ2) is 19.3. The molecule has 1 aliphatic rings. The Balaban J connectivity index is 0.00000326. The molecule has 1 amide bonds. The average Bonchev–Trinajstić information content (AvgIpc) is 3.18. The van der Waals surface area contributed by atoms with Gasteiger partial charge in [-0.1, -0.05) is 72.1 Å². The van der Waals surface area contributed by atoms with Gasteiger partial charge in [0.15, 0.2) is 0 Å². The standard InChI is InChI=1S/C28H33NO5.2C2H6/c1-6-8-11-21(3)34-25-15-10-13-23(20-25)29-26(30)22-12-9-14-24(17-16-22)32-18-19-33-27(31)28(4,5)7-2;2*1-2/h6,8,10-17,20H,1,3,7,9,18-19H2,2,4-5H3,(H,29,30);2*1-2H3/b11-8-;;. The normalized spacial score (nSPS) is 12.3. The highest BCUT2D eigenvalue weighted by atomic mass is 16.6. The van der Waals surface area contributed by atoms with Gasteiger partial charge in [0, 0.05) is 17.3 Å². The SMILES string of the molecule is C=C/C=C\C(=C)Oc1cccc(NC(=O)C2=CCC=C(OCCOC(=O)C(C)(C)CC)C=C2)c1.CC.CC. The minimum Gasteiger partial charge on any atom is -0.490 e. The third kappa shape index (κ3) is 12.9. The molecule has 6 heteroatoms. The van der Waals surface area contributed by atoms with Crippen LogP contribution in [0.25, 0.3) is 0 Å². The summed E-state index contributed by atoms with van der Waals surface area (Å²) in [5, 5.41) is 2.87. The van der Waals surface area contributed by atoms with Crippen LogP contribution in [0, 0.1) is 5.41 Å². The monoisotopic (exact) mass is 523 g/mol. The number of nitrogens with one attached hydrogen (secondary N) is 1. The van der Waals surface area contributed by atoms with Crippen molar-refractivity contribution in [3.8, 4) is 5.75 Å². The zero-order valence-electron chi connectivity index (χ0n) is 24.1. The summed E-state index contributed by atoms with van der Waals surface area (Å²) in [6, 6.07) is 7.07. The van der Waals surface area contributed by atoms with E-state index in [0.717, 1.165) is 0 Å². The molecule has 6 nitrogen and oxygen atoms in total. The summed E-state index contributed by atoms with van der Waals surface area (Å²) < 4.78 is 16.6. The van der Waals surface area contributed by atoms with Crippen LogP contribution in [0.15, 0.2) is 97.0 Å². The van der Waals surface area contributed by atoms with E-state index in [9.17, 15) is 9.59 Å². The van der Waals surface area contributed by atoms with Crippen molar-refractivity contribution < 1.29 is 23.8 Å². The van der Waals surface area contributed by atoms with Gasteiger partial charge in [-0.05, 0) is 63.1 Å². The number of amides is 1. The molecule has 1 N–H and O–H groups in total. The first-order valence-corrected chi connectivity index (χ1v) is 13.2. The van der Waals surface area contributed by atoms with Crippen molar-refractivity contribution in [3.63, 3.8) is 0 Å². The van der Waals surface area contributed by atoms with E-state index < -0.39 is 5.41 Å². The van der Waals surface area contributed by atoms with Gasteiger partial charge in [-0.25, -0.2) is 0 Å². The van der Waals surface area contributed by atoms with E-state index in [0.29, 0.717) is 41.4 Å². The van der Waals surface area contributed by atoms with Crippen LogP contribution in [0.2, 0.25) is 0 Å². The molecule has 0 radical (unpaired) electrons. The number of rotatable bonds is 12. The van der Waals surface area contributed by atoms with Gasteiger partial charge in [0.05, 0.1) is 5.41 Å². The first kappa shape index (κ1) is 34.2. The Morgan fingerprint density at radius 1 is 1.08 bits per heavy atom. The molecule has 1 aromatic rings. The maximum atomic E-state index is 12.7. The van der Waals surface area contributed by atoms with Crippen molar-refractivity contribution in [2.24, 2.45) is 5.41 Å². The zero-order chi connectivity index (χ0) is 29.0. The summed E-state index contributed by atoms with van der Waals surface area (Å²) in [5.41, 5.74) is 0.606. The molecular formula is C32H45NO5. The fraction of sp³-hybridized carbons (Fsp3) is 0.375. The van der Waals surface area contributed by atoms with E-state index in [1.54, 1.807) is 54.6 Å². The lowest BCUT2D eigenvalue weighted by Gasteiger charge is -2.20. The quantitative estimate of drug-likeness (QED) is 0.130. The van der Waals surface area contributed by atoms with Gasteiger partial charge in [-0.2, -0.15) is 0 Å². The lowest BCUT2D eigenvalue weighted by atomic mass is 9.91. The smallest absolute Gasteiger partial charge is 0.311 e. The van der Waals surface area contributed by atoms with Gasteiger partial charge < -0.3 is 19.5 Å². The summed E-state index contributed by atoms with van der Waals surface area (Å²) in [6.45, 7) is 21.5. The van der Waals surface area contributed by atoms with E-state index in [1.165, 1.54) is 0 Å². The first-order chi connectivity index (χ1) is 18.2. The van der Waals surface area contributed by atoms with Crippen LogP contribution in [-0.4, -0.2) is 25.1 Å². The average molecular weight is 524 g/mol. The number of anilines is 1. The second-order valence-electron chi connectivity index (χ2n) is 8.20. The molecule has 1 aliphatic carbocycles. The van der Waals surface area contributed by atoms with E-state index in [1.807, 2.05) is 60.6 Å². The van der Waals surface area contributed by atoms with Crippen molar-refractivity contribution in [1.82, 2.24) is 0 Å². The lowest BCUT2D eigenvalue weighted by Crippen LogP contribution is -2.26. The van der Waals surface area contributed by atoms with Gasteiger partial charge in [0.2, 0.25) is 0 Å². The molecule has 0 spiro atoms. The fourth-order valence-electron chi connectivity index (χ4n) is 2.72. The fourth-order valence-corrected chi connectivity index (χ4v) is 2.72. The molecule has 208 valence electrons. The Kier molecular flexibility index (Phi) is 17.4. The molecule has 0 aromatic heterocycles. The highest BCUT2D eigenvalue weighted by Crippen LogP contribution is 2.22. The predicted molar refractivity (Wildman–Crippen MR) is 158 cm³/mol. The lowest BCUT2D eigenvalue weighted by molar-refractivity contribution is -0.155. The third-order valence-electron chi connectivity index (χ3n) is 5.13. The van der Waals surface area contributed by atoms with Crippen LogP contribution in [0.3, 0.4) is 0 Å². The molecule has 0 atom stereocenters. The summed E-state index contributed by atoms with van der Waals surface area (Å²) in [5.74, 6) is 1.15. The molecule has 0 fully saturated rings. The molecule has 0 heterocycles. The molecule has 0 bridgehead atoms. The van der Waals surface area contributed by atoms with Gasteiger partial charge in [-0.15, -0.1) is 0 Å². The zero-order valence-corrected chi connectivity index (χ0v) is 24.1. The Morgan fingerprint density at radius 2 is 1.79 bits per heavy atom. The number of hydrogen-bond acceptors (Lipinski definition) is 5. The molecule has 0 unspecified atom stereocenters. The molecule has 1 aromatic carbocycles. The number of esters is 1. The molecule has 38 heavy (non-hydrogen) atoms.